The van der Waals surface area contributed by atoms with Crippen molar-refractivity contribution < 1.29 is 18.7 Å². The van der Waals surface area contributed by atoms with Gasteiger partial charge in [-0.25, -0.2) is 4.39 Å². The molecule has 2 aromatic rings. The molecule has 2 aromatic carbocycles. The van der Waals surface area contributed by atoms with Crippen molar-refractivity contribution in [3.8, 4) is 11.5 Å². The van der Waals surface area contributed by atoms with Gasteiger partial charge in [0.05, 0.1) is 19.2 Å². The minimum absolute atomic E-state index is 0.165. The number of benzene rings is 2. The Hall–Kier alpha value is -2.56. The minimum atomic E-state index is -0.484. The Morgan fingerprint density at radius 2 is 2.05 bits per heavy atom. The highest BCUT2D eigenvalue weighted by atomic mass is 19.1. The zero-order chi connectivity index (χ0) is 15.9. The number of ether oxygens (including phenoxy) is 2. The van der Waals surface area contributed by atoms with Crippen LogP contribution in [-0.4, -0.2) is 26.2 Å². The Kier molecular flexibility index (Phi) is 5.36. The largest absolute Gasteiger partial charge is 0.496 e. The lowest BCUT2D eigenvalue weighted by Crippen LogP contribution is -2.28. The van der Waals surface area contributed by atoms with Crippen molar-refractivity contribution in [2.75, 3.05) is 20.3 Å². The number of methoxy groups -OCH3 is 1. The number of amides is 1. The second-order valence-electron chi connectivity index (χ2n) is 4.77. The summed E-state index contributed by atoms with van der Waals surface area (Å²) in [5.74, 6) is 0.197. The van der Waals surface area contributed by atoms with Crippen LogP contribution in [0.5, 0.6) is 11.5 Å². The van der Waals surface area contributed by atoms with Crippen LogP contribution in [0.3, 0.4) is 0 Å². The molecule has 0 unspecified atom stereocenters. The highest BCUT2D eigenvalue weighted by Crippen LogP contribution is 2.19. The standard InChI is InChI=1S/C17H18FNO3/c1-12-4-3-5-14(10-12)22-9-8-19-17(20)15-11-13(18)6-7-16(15)21-2/h3-7,10-11H,8-9H2,1-2H3,(H,19,20). The molecule has 0 saturated heterocycles. The van der Waals surface area contributed by atoms with E-state index in [4.69, 9.17) is 9.47 Å². The number of nitrogens with one attached hydrogen (secondary N) is 1. The molecular formula is C17H18FNO3. The van der Waals surface area contributed by atoms with Gasteiger partial charge in [-0.2, -0.15) is 0 Å². The molecule has 0 aromatic heterocycles. The summed E-state index contributed by atoms with van der Waals surface area (Å²) in [6.07, 6.45) is 0. The predicted octanol–water partition coefficient (Wildman–Crippen LogP) is 2.95. The van der Waals surface area contributed by atoms with Gasteiger partial charge >= 0.3 is 0 Å². The number of rotatable bonds is 6. The molecule has 0 spiro atoms. The lowest BCUT2D eigenvalue weighted by atomic mass is 10.2. The van der Waals surface area contributed by atoms with Crippen molar-refractivity contribution in [3.63, 3.8) is 0 Å². The van der Waals surface area contributed by atoms with E-state index in [1.165, 1.54) is 19.2 Å². The van der Waals surface area contributed by atoms with Crippen LogP contribution in [0.15, 0.2) is 42.5 Å². The molecule has 1 amide bonds. The molecule has 0 radical (unpaired) electrons. The fourth-order valence-electron chi connectivity index (χ4n) is 1.99. The van der Waals surface area contributed by atoms with Crippen LogP contribution in [0.2, 0.25) is 0 Å². The molecule has 0 atom stereocenters. The molecule has 4 nitrogen and oxygen atoms in total. The van der Waals surface area contributed by atoms with Gasteiger partial charge in [-0.15, -0.1) is 0 Å². The molecule has 5 heteroatoms. The Morgan fingerprint density at radius 1 is 1.23 bits per heavy atom. The van der Waals surface area contributed by atoms with Gasteiger partial charge in [0.1, 0.15) is 23.9 Å². The van der Waals surface area contributed by atoms with Crippen molar-refractivity contribution in [2.45, 2.75) is 6.92 Å². The normalized spacial score (nSPS) is 10.1. The lowest BCUT2D eigenvalue weighted by Gasteiger charge is -2.10. The van der Waals surface area contributed by atoms with Crippen molar-refractivity contribution >= 4 is 5.91 Å². The predicted molar refractivity (Wildman–Crippen MR) is 82.0 cm³/mol. The Morgan fingerprint density at radius 3 is 2.77 bits per heavy atom. The zero-order valence-electron chi connectivity index (χ0n) is 12.6. The second-order valence-corrected chi connectivity index (χ2v) is 4.77. The maximum Gasteiger partial charge on any atom is 0.255 e. The van der Waals surface area contributed by atoms with E-state index < -0.39 is 11.7 Å². The molecule has 0 heterocycles. The monoisotopic (exact) mass is 303 g/mol. The number of hydrogen-bond acceptors (Lipinski definition) is 3. The average Bonchev–Trinajstić information content (AvgIpc) is 2.51. The van der Waals surface area contributed by atoms with Gasteiger partial charge < -0.3 is 14.8 Å². The lowest BCUT2D eigenvalue weighted by molar-refractivity contribution is 0.0943. The minimum Gasteiger partial charge on any atom is -0.496 e. The Labute approximate surface area is 128 Å². The van der Waals surface area contributed by atoms with E-state index in [0.29, 0.717) is 18.9 Å². The van der Waals surface area contributed by atoms with Gasteiger partial charge in [0.15, 0.2) is 0 Å². The smallest absolute Gasteiger partial charge is 0.255 e. The van der Waals surface area contributed by atoms with Crippen molar-refractivity contribution in [1.29, 1.82) is 0 Å². The van der Waals surface area contributed by atoms with Gasteiger partial charge in [-0.3, -0.25) is 4.79 Å². The third kappa shape index (κ3) is 4.22. The summed E-state index contributed by atoms with van der Waals surface area (Å²) in [6.45, 7) is 2.62. The quantitative estimate of drug-likeness (QED) is 0.835. The fraction of sp³-hybridized carbons (Fsp3) is 0.235. The summed E-state index contributed by atoms with van der Waals surface area (Å²) in [5, 5.41) is 2.68. The van der Waals surface area contributed by atoms with E-state index in [2.05, 4.69) is 5.32 Å². The Bertz CT molecular complexity index is 658. The first-order valence-corrected chi connectivity index (χ1v) is 6.91. The van der Waals surface area contributed by atoms with E-state index in [1.807, 2.05) is 31.2 Å². The van der Waals surface area contributed by atoms with E-state index >= 15 is 0 Å². The fourth-order valence-corrected chi connectivity index (χ4v) is 1.99. The molecule has 0 aliphatic carbocycles. The summed E-state index contributed by atoms with van der Waals surface area (Å²) in [7, 11) is 1.44. The maximum atomic E-state index is 13.2. The van der Waals surface area contributed by atoms with Crippen LogP contribution in [0.25, 0.3) is 0 Å². The third-order valence-electron chi connectivity index (χ3n) is 3.05. The summed E-state index contributed by atoms with van der Waals surface area (Å²) in [6, 6.07) is 11.5. The van der Waals surface area contributed by atoms with Crippen LogP contribution in [0.1, 0.15) is 15.9 Å². The number of carbonyl (C=O) groups is 1. The molecule has 1 N–H and O–H groups in total. The molecular weight excluding hydrogens is 285 g/mol. The first-order chi connectivity index (χ1) is 10.6. The molecule has 0 aliphatic heterocycles. The van der Waals surface area contributed by atoms with E-state index in [-0.39, 0.29) is 5.56 Å². The van der Waals surface area contributed by atoms with Crippen LogP contribution >= 0.6 is 0 Å². The van der Waals surface area contributed by atoms with Crippen LogP contribution in [0.4, 0.5) is 4.39 Å². The van der Waals surface area contributed by atoms with Crippen molar-refractivity contribution in [1.82, 2.24) is 5.32 Å². The van der Waals surface area contributed by atoms with Gasteiger partial charge in [0.2, 0.25) is 0 Å². The molecule has 0 saturated carbocycles. The summed E-state index contributed by atoms with van der Waals surface area (Å²) in [4.78, 5) is 12.0. The second kappa shape index (κ2) is 7.45. The van der Waals surface area contributed by atoms with Gasteiger partial charge in [0, 0.05) is 0 Å². The SMILES string of the molecule is COc1ccc(F)cc1C(=O)NCCOc1cccc(C)c1. The van der Waals surface area contributed by atoms with E-state index in [0.717, 1.165) is 17.4 Å². The Balaban J connectivity index is 1.87. The average molecular weight is 303 g/mol. The van der Waals surface area contributed by atoms with Crippen LogP contribution < -0.4 is 14.8 Å². The van der Waals surface area contributed by atoms with Crippen LogP contribution in [-0.2, 0) is 0 Å². The number of halogens is 1. The topological polar surface area (TPSA) is 47.6 Å². The first-order valence-electron chi connectivity index (χ1n) is 6.91. The van der Waals surface area contributed by atoms with Crippen LogP contribution in [0, 0.1) is 12.7 Å². The summed E-state index contributed by atoms with van der Waals surface area (Å²) >= 11 is 0. The van der Waals surface area contributed by atoms with Gasteiger partial charge in [0.25, 0.3) is 5.91 Å². The highest BCUT2D eigenvalue weighted by molar-refractivity contribution is 5.96. The molecule has 2 rings (SSSR count). The number of carbonyl (C=O) groups excluding carboxylic acids is 1. The summed E-state index contributed by atoms with van der Waals surface area (Å²) < 4.78 is 23.8. The highest BCUT2D eigenvalue weighted by Gasteiger charge is 2.12. The summed E-state index contributed by atoms with van der Waals surface area (Å²) in [5.41, 5.74) is 1.27. The first kappa shape index (κ1) is 15.8. The van der Waals surface area contributed by atoms with Gasteiger partial charge in [-0.1, -0.05) is 12.1 Å². The number of aryl methyl sites for hydroxylation is 1. The van der Waals surface area contributed by atoms with Gasteiger partial charge in [-0.05, 0) is 42.8 Å². The van der Waals surface area contributed by atoms with Crippen molar-refractivity contribution in [2.24, 2.45) is 0 Å². The zero-order valence-corrected chi connectivity index (χ0v) is 12.6. The van der Waals surface area contributed by atoms with E-state index in [1.54, 1.807) is 0 Å². The maximum absolute atomic E-state index is 13.2. The van der Waals surface area contributed by atoms with E-state index in [9.17, 15) is 9.18 Å². The molecule has 22 heavy (non-hydrogen) atoms. The van der Waals surface area contributed by atoms with Crippen molar-refractivity contribution in [3.05, 3.63) is 59.4 Å². The molecule has 0 fully saturated rings. The molecule has 0 aliphatic rings. The molecule has 116 valence electrons. The third-order valence-corrected chi connectivity index (χ3v) is 3.05. The number of hydrogen-bond donors (Lipinski definition) is 1. The molecule has 0 bridgehead atoms.